The summed E-state index contributed by atoms with van der Waals surface area (Å²) in [5.74, 6) is 1.49. The van der Waals surface area contributed by atoms with Gasteiger partial charge in [0.2, 0.25) is 5.88 Å². The summed E-state index contributed by atoms with van der Waals surface area (Å²) in [5.41, 5.74) is 1.27. The van der Waals surface area contributed by atoms with Crippen molar-refractivity contribution in [2.45, 2.75) is 13.8 Å². The molecule has 1 heterocycles. The first-order valence-corrected chi connectivity index (χ1v) is 6.01. The van der Waals surface area contributed by atoms with E-state index >= 15 is 0 Å². The van der Waals surface area contributed by atoms with Crippen LogP contribution in [0, 0.1) is 18.3 Å². The zero-order valence-electron chi connectivity index (χ0n) is 10.9. The largest absolute Gasteiger partial charge is 0.490 e. The van der Waals surface area contributed by atoms with E-state index in [0.29, 0.717) is 29.5 Å². The Hall–Kier alpha value is -2.54. The average Bonchev–Trinajstić information content (AvgIpc) is 2.41. The highest BCUT2D eigenvalue weighted by atomic mass is 16.5. The predicted molar refractivity (Wildman–Crippen MR) is 71.4 cm³/mol. The monoisotopic (exact) mass is 254 g/mol. The van der Waals surface area contributed by atoms with Gasteiger partial charge >= 0.3 is 0 Å². The fraction of sp³-hybridized carbons (Fsp3) is 0.200. The van der Waals surface area contributed by atoms with Gasteiger partial charge in [-0.3, -0.25) is 0 Å². The summed E-state index contributed by atoms with van der Waals surface area (Å²) in [6.07, 6.45) is 1.62. The van der Waals surface area contributed by atoms with E-state index in [9.17, 15) is 0 Å². The number of nitrogens with zero attached hydrogens (tertiary/aromatic N) is 2. The summed E-state index contributed by atoms with van der Waals surface area (Å²) in [6.45, 7) is 4.30. The van der Waals surface area contributed by atoms with Crippen LogP contribution in [0.25, 0.3) is 0 Å². The summed E-state index contributed by atoms with van der Waals surface area (Å²) in [7, 11) is 0. The van der Waals surface area contributed by atoms with Crippen LogP contribution in [0.1, 0.15) is 18.1 Å². The predicted octanol–water partition coefficient (Wildman–Crippen LogP) is 3.45. The Morgan fingerprint density at radius 3 is 2.63 bits per heavy atom. The topological polar surface area (TPSA) is 55.1 Å². The van der Waals surface area contributed by atoms with Crippen LogP contribution in [-0.2, 0) is 0 Å². The maximum absolute atomic E-state index is 9.15. The molecule has 0 bridgehead atoms. The molecule has 0 radical (unpaired) electrons. The molecule has 1 aromatic heterocycles. The maximum Gasteiger partial charge on any atom is 0.237 e. The molecular weight excluding hydrogens is 240 g/mol. The van der Waals surface area contributed by atoms with E-state index in [-0.39, 0.29) is 0 Å². The summed E-state index contributed by atoms with van der Waals surface area (Å²) in [6, 6.07) is 11.2. The van der Waals surface area contributed by atoms with E-state index in [0.717, 1.165) is 5.56 Å². The van der Waals surface area contributed by atoms with Gasteiger partial charge in [-0.1, -0.05) is 12.1 Å². The van der Waals surface area contributed by atoms with Crippen molar-refractivity contribution in [3.63, 3.8) is 0 Å². The number of hydrogen-bond donors (Lipinski definition) is 0. The van der Waals surface area contributed by atoms with Crippen molar-refractivity contribution in [2.24, 2.45) is 0 Å². The summed E-state index contributed by atoms with van der Waals surface area (Å²) in [4.78, 5) is 4.11. The van der Waals surface area contributed by atoms with E-state index in [1.807, 2.05) is 32.0 Å². The molecule has 0 aliphatic rings. The Morgan fingerprint density at radius 2 is 1.95 bits per heavy atom. The normalized spacial score (nSPS) is 9.74. The summed E-state index contributed by atoms with van der Waals surface area (Å²) in [5, 5.41) is 9.15. The fourth-order valence-electron chi connectivity index (χ4n) is 1.66. The van der Waals surface area contributed by atoms with Crippen LogP contribution in [0.3, 0.4) is 0 Å². The lowest BCUT2D eigenvalue weighted by Crippen LogP contribution is -1.98. The summed E-state index contributed by atoms with van der Waals surface area (Å²) < 4.78 is 11.2. The molecule has 96 valence electrons. The van der Waals surface area contributed by atoms with Crippen molar-refractivity contribution in [1.82, 2.24) is 4.98 Å². The Kier molecular flexibility index (Phi) is 3.99. The molecule has 2 aromatic rings. The molecule has 0 atom stereocenters. The molecule has 0 fully saturated rings. The number of ether oxygens (including phenoxy) is 2. The lowest BCUT2D eigenvalue weighted by atomic mass is 10.2. The molecule has 0 unspecified atom stereocenters. The van der Waals surface area contributed by atoms with Gasteiger partial charge in [-0.25, -0.2) is 4.98 Å². The van der Waals surface area contributed by atoms with Crippen LogP contribution in [-0.4, -0.2) is 11.6 Å². The Morgan fingerprint density at radius 1 is 1.21 bits per heavy atom. The number of nitriles is 1. The van der Waals surface area contributed by atoms with Gasteiger partial charge in [0, 0.05) is 6.20 Å². The first-order chi connectivity index (χ1) is 9.26. The first-order valence-electron chi connectivity index (χ1n) is 6.01. The highest BCUT2D eigenvalue weighted by molar-refractivity contribution is 5.48. The fourth-order valence-corrected chi connectivity index (χ4v) is 1.66. The third kappa shape index (κ3) is 2.83. The maximum atomic E-state index is 9.15. The van der Waals surface area contributed by atoms with Crippen LogP contribution in [0.4, 0.5) is 0 Å². The van der Waals surface area contributed by atoms with Gasteiger partial charge < -0.3 is 9.47 Å². The molecule has 0 spiro atoms. The lowest BCUT2D eigenvalue weighted by Gasteiger charge is -2.11. The Balaban J connectivity index is 2.37. The molecule has 0 aliphatic heterocycles. The van der Waals surface area contributed by atoms with Gasteiger partial charge in [-0.15, -0.1) is 0 Å². The van der Waals surface area contributed by atoms with Gasteiger partial charge in [-0.2, -0.15) is 5.26 Å². The van der Waals surface area contributed by atoms with Gasteiger partial charge in [-0.05, 0) is 37.6 Å². The van der Waals surface area contributed by atoms with Crippen molar-refractivity contribution >= 4 is 0 Å². The molecular formula is C15H14N2O2. The molecule has 4 nitrogen and oxygen atoms in total. The SMILES string of the molecule is CCOc1ccccc1Oc1nccc(C)c1C#N. The van der Waals surface area contributed by atoms with Crippen molar-refractivity contribution < 1.29 is 9.47 Å². The zero-order chi connectivity index (χ0) is 13.7. The summed E-state index contributed by atoms with van der Waals surface area (Å²) >= 11 is 0. The van der Waals surface area contributed by atoms with Gasteiger partial charge in [0.1, 0.15) is 11.6 Å². The second-order valence-electron chi connectivity index (χ2n) is 3.90. The molecule has 0 amide bonds. The Bertz CT molecular complexity index is 618. The van der Waals surface area contributed by atoms with E-state index in [2.05, 4.69) is 11.1 Å². The van der Waals surface area contributed by atoms with Crippen LogP contribution in [0.2, 0.25) is 0 Å². The minimum absolute atomic E-state index is 0.301. The minimum atomic E-state index is 0.301. The molecule has 0 saturated carbocycles. The average molecular weight is 254 g/mol. The molecule has 1 aromatic carbocycles. The number of pyridine rings is 1. The molecule has 4 heteroatoms. The van der Waals surface area contributed by atoms with Crippen molar-refractivity contribution in [3.05, 3.63) is 47.7 Å². The van der Waals surface area contributed by atoms with E-state index < -0.39 is 0 Å². The number of benzene rings is 1. The molecule has 2 rings (SSSR count). The molecule has 19 heavy (non-hydrogen) atoms. The highest BCUT2D eigenvalue weighted by Crippen LogP contribution is 2.32. The molecule has 0 aliphatic carbocycles. The van der Waals surface area contributed by atoms with E-state index in [1.165, 1.54) is 0 Å². The van der Waals surface area contributed by atoms with Crippen molar-refractivity contribution in [3.8, 4) is 23.4 Å². The van der Waals surface area contributed by atoms with Crippen LogP contribution in [0.15, 0.2) is 36.5 Å². The van der Waals surface area contributed by atoms with Crippen LogP contribution < -0.4 is 9.47 Å². The zero-order valence-corrected chi connectivity index (χ0v) is 10.9. The van der Waals surface area contributed by atoms with Gasteiger partial charge in [0.05, 0.1) is 6.61 Å². The second-order valence-corrected chi connectivity index (χ2v) is 3.90. The number of aromatic nitrogens is 1. The third-order valence-electron chi connectivity index (χ3n) is 2.59. The third-order valence-corrected chi connectivity index (χ3v) is 2.59. The number of para-hydroxylation sites is 2. The molecule has 0 N–H and O–H groups in total. The number of hydrogen-bond acceptors (Lipinski definition) is 4. The van der Waals surface area contributed by atoms with Crippen molar-refractivity contribution in [1.29, 1.82) is 5.26 Å². The Labute approximate surface area is 112 Å². The molecule has 0 saturated heterocycles. The van der Waals surface area contributed by atoms with Crippen LogP contribution >= 0.6 is 0 Å². The number of rotatable bonds is 4. The lowest BCUT2D eigenvalue weighted by molar-refractivity contribution is 0.319. The van der Waals surface area contributed by atoms with Gasteiger partial charge in [0.25, 0.3) is 0 Å². The van der Waals surface area contributed by atoms with Crippen LogP contribution in [0.5, 0.6) is 17.4 Å². The quantitative estimate of drug-likeness (QED) is 0.838. The van der Waals surface area contributed by atoms with Gasteiger partial charge in [0.15, 0.2) is 11.5 Å². The highest BCUT2D eigenvalue weighted by Gasteiger charge is 2.11. The first kappa shape index (κ1) is 12.9. The van der Waals surface area contributed by atoms with Crippen molar-refractivity contribution in [2.75, 3.05) is 6.61 Å². The standard InChI is InChI=1S/C15H14N2O2/c1-3-18-13-6-4-5-7-14(13)19-15-12(10-16)11(2)8-9-17-15/h4-9H,3H2,1-2H3. The number of aryl methyl sites for hydroxylation is 1. The second kappa shape index (κ2) is 5.87. The van der Waals surface area contributed by atoms with E-state index in [1.54, 1.807) is 18.3 Å². The minimum Gasteiger partial charge on any atom is -0.490 e. The van der Waals surface area contributed by atoms with E-state index in [4.69, 9.17) is 14.7 Å². The smallest absolute Gasteiger partial charge is 0.237 e.